The molecule has 1 amide bonds. The highest BCUT2D eigenvalue weighted by Gasteiger charge is 2.27. The van der Waals surface area contributed by atoms with Crippen LogP contribution in [0.2, 0.25) is 0 Å². The van der Waals surface area contributed by atoms with Gasteiger partial charge in [-0.2, -0.15) is 0 Å². The Labute approximate surface area is 213 Å². The topological polar surface area (TPSA) is 72.9 Å². The van der Waals surface area contributed by atoms with Crippen molar-refractivity contribution in [3.05, 3.63) is 78.4 Å². The number of rotatable bonds is 9. The van der Waals surface area contributed by atoms with Crippen molar-refractivity contribution in [3.63, 3.8) is 0 Å². The molecule has 6 nitrogen and oxygen atoms in total. The average molecular weight is 486 g/mol. The molecular formula is C30H35N3O3. The number of carboxylic acid groups (broad SMARTS) is 1. The van der Waals surface area contributed by atoms with Crippen LogP contribution >= 0.6 is 0 Å². The smallest absolute Gasteiger partial charge is 0.322 e. The number of benzene rings is 3. The molecule has 0 spiro atoms. The van der Waals surface area contributed by atoms with Crippen molar-refractivity contribution in [3.8, 4) is 11.1 Å². The third-order valence-electron chi connectivity index (χ3n) is 6.83. The maximum atomic E-state index is 13.7. The lowest BCUT2D eigenvalue weighted by Gasteiger charge is -2.30. The molecule has 0 aromatic heterocycles. The molecule has 188 valence electrons. The minimum absolute atomic E-state index is 0.0314. The summed E-state index contributed by atoms with van der Waals surface area (Å²) in [5, 5.41) is 11.9. The van der Waals surface area contributed by atoms with Crippen LogP contribution in [0.5, 0.6) is 0 Å². The largest absolute Gasteiger partial charge is 0.480 e. The fourth-order valence-corrected chi connectivity index (χ4v) is 4.77. The van der Waals surface area contributed by atoms with E-state index in [0.29, 0.717) is 12.2 Å². The van der Waals surface area contributed by atoms with E-state index >= 15 is 0 Å². The van der Waals surface area contributed by atoms with Gasteiger partial charge in [0.1, 0.15) is 6.54 Å². The second-order valence-electron chi connectivity index (χ2n) is 9.70. The van der Waals surface area contributed by atoms with Gasteiger partial charge in [0.25, 0.3) is 0 Å². The summed E-state index contributed by atoms with van der Waals surface area (Å²) < 4.78 is 0. The van der Waals surface area contributed by atoms with Crippen LogP contribution in [0.25, 0.3) is 11.1 Å². The SMILES string of the molecule is CN(C)c1ccc(-c2ccc(CN(C(=O)C3CCCCC3)c3cccc(NCC(=O)O)c3)cc2)cc1. The zero-order chi connectivity index (χ0) is 25.5. The molecule has 36 heavy (non-hydrogen) atoms. The molecule has 1 saturated carbocycles. The summed E-state index contributed by atoms with van der Waals surface area (Å²) >= 11 is 0. The summed E-state index contributed by atoms with van der Waals surface area (Å²) in [7, 11) is 4.06. The maximum absolute atomic E-state index is 13.7. The molecule has 1 aliphatic carbocycles. The van der Waals surface area contributed by atoms with Crippen LogP contribution in [0, 0.1) is 5.92 Å². The molecule has 0 radical (unpaired) electrons. The van der Waals surface area contributed by atoms with Crippen molar-refractivity contribution < 1.29 is 14.7 Å². The lowest BCUT2D eigenvalue weighted by atomic mass is 9.88. The van der Waals surface area contributed by atoms with Gasteiger partial charge in [-0.25, -0.2) is 0 Å². The molecule has 0 atom stereocenters. The predicted octanol–water partition coefficient (Wildman–Crippen LogP) is 6.03. The van der Waals surface area contributed by atoms with Gasteiger partial charge >= 0.3 is 5.97 Å². The second kappa shape index (κ2) is 11.8. The molecule has 1 aliphatic rings. The number of nitrogens with zero attached hydrogens (tertiary/aromatic N) is 2. The van der Waals surface area contributed by atoms with E-state index in [9.17, 15) is 9.59 Å². The fourth-order valence-electron chi connectivity index (χ4n) is 4.77. The normalized spacial score (nSPS) is 13.7. The van der Waals surface area contributed by atoms with Gasteiger partial charge in [0.05, 0.1) is 6.54 Å². The van der Waals surface area contributed by atoms with Gasteiger partial charge in [0.2, 0.25) is 5.91 Å². The Bertz CT molecular complexity index is 1170. The Morgan fingerprint density at radius 2 is 1.50 bits per heavy atom. The van der Waals surface area contributed by atoms with Crippen molar-refractivity contribution in [2.45, 2.75) is 38.6 Å². The number of hydrogen-bond donors (Lipinski definition) is 2. The Balaban J connectivity index is 1.56. The first-order valence-corrected chi connectivity index (χ1v) is 12.6. The molecule has 6 heteroatoms. The number of carboxylic acids is 1. The molecule has 3 aromatic carbocycles. The minimum Gasteiger partial charge on any atom is -0.480 e. The summed E-state index contributed by atoms with van der Waals surface area (Å²) in [4.78, 5) is 28.6. The zero-order valence-corrected chi connectivity index (χ0v) is 21.1. The molecule has 3 aromatic rings. The van der Waals surface area contributed by atoms with Gasteiger partial charge in [-0.3, -0.25) is 9.59 Å². The van der Waals surface area contributed by atoms with Crippen LogP contribution in [0.1, 0.15) is 37.7 Å². The zero-order valence-electron chi connectivity index (χ0n) is 21.1. The second-order valence-corrected chi connectivity index (χ2v) is 9.70. The van der Waals surface area contributed by atoms with Crippen LogP contribution in [0.4, 0.5) is 17.1 Å². The molecular weight excluding hydrogens is 450 g/mol. The van der Waals surface area contributed by atoms with Gasteiger partial charge in [-0.1, -0.05) is 61.7 Å². The third-order valence-corrected chi connectivity index (χ3v) is 6.83. The number of hydrogen-bond acceptors (Lipinski definition) is 4. The van der Waals surface area contributed by atoms with Crippen LogP contribution in [-0.2, 0) is 16.1 Å². The van der Waals surface area contributed by atoms with Gasteiger partial charge in [0, 0.05) is 37.1 Å². The molecule has 0 aliphatic heterocycles. The van der Waals surface area contributed by atoms with Crippen molar-refractivity contribution in [2.24, 2.45) is 5.92 Å². The minimum atomic E-state index is -0.924. The standard InChI is InChI=1S/C30H35N3O3/c1-32(2)27-17-15-24(16-18-27)23-13-11-22(12-14-23)21-33(30(36)25-7-4-3-5-8-25)28-10-6-9-26(19-28)31-20-29(34)35/h6,9-19,25,31H,3-5,7-8,20-21H2,1-2H3,(H,34,35). The first kappa shape index (κ1) is 25.3. The molecule has 0 unspecified atom stereocenters. The van der Waals surface area contributed by atoms with Crippen LogP contribution < -0.4 is 15.1 Å². The number of carbonyl (C=O) groups is 2. The van der Waals surface area contributed by atoms with Crippen LogP contribution in [-0.4, -0.2) is 37.6 Å². The number of nitrogens with one attached hydrogen (secondary N) is 1. The number of aliphatic carboxylic acids is 1. The Kier molecular flexibility index (Phi) is 8.26. The number of carbonyl (C=O) groups excluding carboxylic acids is 1. The molecule has 4 rings (SSSR count). The van der Waals surface area contributed by atoms with E-state index in [1.165, 1.54) is 6.42 Å². The average Bonchev–Trinajstić information content (AvgIpc) is 2.91. The molecule has 2 N–H and O–H groups in total. The van der Waals surface area contributed by atoms with E-state index in [-0.39, 0.29) is 18.4 Å². The van der Waals surface area contributed by atoms with E-state index in [4.69, 9.17) is 5.11 Å². The quantitative estimate of drug-likeness (QED) is 0.387. The van der Waals surface area contributed by atoms with E-state index in [2.05, 4.69) is 58.7 Å². The predicted molar refractivity (Wildman–Crippen MR) is 147 cm³/mol. The number of amides is 1. The Hall–Kier alpha value is -3.80. The van der Waals surface area contributed by atoms with Gasteiger partial charge < -0.3 is 20.2 Å². The summed E-state index contributed by atoms with van der Waals surface area (Å²) in [6.07, 6.45) is 5.22. The first-order chi connectivity index (χ1) is 17.4. The lowest BCUT2D eigenvalue weighted by molar-refractivity contribution is -0.135. The molecule has 0 bridgehead atoms. The van der Waals surface area contributed by atoms with Crippen molar-refractivity contribution in [1.29, 1.82) is 0 Å². The molecule has 1 fully saturated rings. The van der Waals surface area contributed by atoms with Crippen LogP contribution in [0.3, 0.4) is 0 Å². The maximum Gasteiger partial charge on any atom is 0.322 e. The third kappa shape index (κ3) is 6.45. The summed E-state index contributed by atoms with van der Waals surface area (Å²) in [6, 6.07) is 24.3. The first-order valence-electron chi connectivity index (χ1n) is 12.6. The van der Waals surface area contributed by atoms with Crippen molar-refractivity contribution >= 4 is 28.9 Å². The molecule has 0 saturated heterocycles. The van der Waals surface area contributed by atoms with Crippen LogP contribution in [0.15, 0.2) is 72.8 Å². The summed E-state index contributed by atoms with van der Waals surface area (Å²) in [5.41, 5.74) is 5.97. The van der Waals surface area contributed by atoms with Crippen molar-refractivity contribution in [1.82, 2.24) is 0 Å². The summed E-state index contributed by atoms with van der Waals surface area (Å²) in [6.45, 7) is 0.300. The summed E-state index contributed by atoms with van der Waals surface area (Å²) in [5.74, 6) is -0.746. The highest BCUT2D eigenvalue weighted by Crippen LogP contribution is 2.30. The molecule has 0 heterocycles. The Morgan fingerprint density at radius 3 is 2.11 bits per heavy atom. The fraction of sp³-hybridized carbons (Fsp3) is 0.333. The van der Waals surface area contributed by atoms with Gasteiger partial charge in [-0.05, 0) is 59.9 Å². The van der Waals surface area contributed by atoms with E-state index in [1.54, 1.807) is 0 Å². The Morgan fingerprint density at radius 1 is 0.861 bits per heavy atom. The van der Waals surface area contributed by atoms with E-state index in [1.807, 2.05) is 43.3 Å². The monoisotopic (exact) mass is 485 g/mol. The van der Waals surface area contributed by atoms with Gasteiger partial charge in [0.15, 0.2) is 0 Å². The van der Waals surface area contributed by atoms with E-state index in [0.717, 1.165) is 53.7 Å². The van der Waals surface area contributed by atoms with Crippen molar-refractivity contribution in [2.75, 3.05) is 35.8 Å². The van der Waals surface area contributed by atoms with E-state index < -0.39 is 5.97 Å². The van der Waals surface area contributed by atoms with Gasteiger partial charge in [-0.15, -0.1) is 0 Å². The highest BCUT2D eigenvalue weighted by molar-refractivity contribution is 5.95. The highest BCUT2D eigenvalue weighted by atomic mass is 16.4. The lowest BCUT2D eigenvalue weighted by Crippen LogP contribution is -2.36. The number of anilines is 3.